The zero-order chi connectivity index (χ0) is 15.4. The standard InChI is InChI=1S/C16H22BrClN2O/c1-11(2)20(10-12-6-3-4-9-19-12)16(21)13-7-5-8-14(17)15(13)18/h5,7-8,11-12,19H,3-4,6,9-10H2,1-2H3. The van der Waals surface area contributed by atoms with Crippen molar-refractivity contribution in [3.63, 3.8) is 0 Å². The van der Waals surface area contributed by atoms with Crippen LogP contribution in [0, 0.1) is 0 Å². The molecule has 5 heteroatoms. The van der Waals surface area contributed by atoms with Gasteiger partial charge in [-0.15, -0.1) is 0 Å². The van der Waals surface area contributed by atoms with Gasteiger partial charge in [-0.2, -0.15) is 0 Å². The lowest BCUT2D eigenvalue weighted by atomic mass is 10.0. The van der Waals surface area contributed by atoms with Gasteiger partial charge in [0.2, 0.25) is 0 Å². The van der Waals surface area contributed by atoms with E-state index in [1.165, 1.54) is 12.8 Å². The van der Waals surface area contributed by atoms with Crippen molar-refractivity contribution in [3.05, 3.63) is 33.3 Å². The van der Waals surface area contributed by atoms with Gasteiger partial charge in [-0.05, 0) is 61.3 Å². The number of piperidine rings is 1. The first-order valence-corrected chi connectivity index (χ1v) is 8.66. The van der Waals surface area contributed by atoms with E-state index in [1.807, 2.05) is 30.9 Å². The van der Waals surface area contributed by atoms with E-state index in [0.29, 0.717) is 16.6 Å². The van der Waals surface area contributed by atoms with Gasteiger partial charge in [-0.25, -0.2) is 0 Å². The van der Waals surface area contributed by atoms with Crippen LogP contribution in [0.2, 0.25) is 5.02 Å². The van der Waals surface area contributed by atoms with E-state index in [9.17, 15) is 4.79 Å². The second kappa shape index (κ2) is 7.61. The summed E-state index contributed by atoms with van der Waals surface area (Å²) >= 11 is 9.65. The van der Waals surface area contributed by atoms with Crippen LogP contribution >= 0.6 is 27.5 Å². The van der Waals surface area contributed by atoms with Gasteiger partial charge in [0.1, 0.15) is 0 Å². The molecule has 1 fully saturated rings. The minimum atomic E-state index is 0.00340. The lowest BCUT2D eigenvalue weighted by Crippen LogP contribution is -2.48. The SMILES string of the molecule is CC(C)N(CC1CCCCN1)C(=O)c1cccc(Br)c1Cl. The maximum atomic E-state index is 12.8. The fourth-order valence-corrected chi connectivity index (χ4v) is 3.24. The summed E-state index contributed by atoms with van der Waals surface area (Å²) in [4.78, 5) is 14.7. The molecule has 1 aromatic rings. The molecule has 1 heterocycles. The lowest BCUT2D eigenvalue weighted by molar-refractivity contribution is 0.0677. The van der Waals surface area contributed by atoms with Crippen LogP contribution < -0.4 is 5.32 Å². The van der Waals surface area contributed by atoms with Gasteiger partial charge in [0.15, 0.2) is 0 Å². The Morgan fingerprint density at radius 2 is 2.24 bits per heavy atom. The van der Waals surface area contributed by atoms with Gasteiger partial charge in [0.05, 0.1) is 10.6 Å². The van der Waals surface area contributed by atoms with Crippen molar-refractivity contribution in [2.75, 3.05) is 13.1 Å². The molecule has 1 atom stereocenters. The summed E-state index contributed by atoms with van der Waals surface area (Å²) in [6.07, 6.45) is 3.59. The molecule has 0 aliphatic carbocycles. The number of nitrogens with one attached hydrogen (secondary N) is 1. The van der Waals surface area contributed by atoms with E-state index >= 15 is 0 Å². The predicted octanol–water partition coefficient (Wildman–Crippen LogP) is 4.10. The highest BCUT2D eigenvalue weighted by molar-refractivity contribution is 9.10. The molecule has 116 valence electrons. The zero-order valence-electron chi connectivity index (χ0n) is 12.5. The third-order valence-corrected chi connectivity index (χ3v) is 5.19. The Morgan fingerprint density at radius 1 is 1.48 bits per heavy atom. The van der Waals surface area contributed by atoms with Crippen LogP contribution in [0.5, 0.6) is 0 Å². The van der Waals surface area contributed by atoms with Crippen molar-refractivity contribution in [1.29, 1.82) is 0 Å². The number of hydrogen-bond acceptors (Lipinski definition) is 2. The molecule has 0 saturated carbocycles. The number of rotatable bonds is 4. The van der Waals surface area contributed by atoms with Crippen LogP contribution in [0.3, 0.4) is 0 Å². The maximum absolute atomic E-state index is 12.8. The summed E-state index contributed by atoms with van der Waals surface area (Å²) in [6.45, 7) is 5.88. The Morgan fingerprint density at radius 3 is 2.86 bits per heavy atom. The molecule has 21 heavy (non-hydrogen) atoms. The van der Waals surface area contributed by atoms with Gasteiger partial charge in [-0.1, -0.05) is 24.1 Å². The molecule has 2 rings (SSSR count). The Bertz CT molecular complexity index is 501. The van der Waals surface area contributed by atoms with E-state index in [0.717, 1.165) is 24.0 Å². The van der Waals surface area contributed by atoms with Crippen molar-refractivity contribution < 1.29 is 4.79 Å². The molecule has 1 aliphatic rings. The maximum Gasteiger partial charge on any atom is 0.255 e. The van der Waals surface area contributed by atoms with E-state index < -0.39 is 0 Å². The molecule has 1 aromatic carbocycles. The van der Waals surface area contributed by atoms with Crippen molar-refractivity contribution in [2.45, 2.75) is 45.2 Å². The van der Waals surface area contributed by atoms with Crippen LogP contribution in [0.15, 0.2) is 22.7 Å². The van der Waals surface area contributed by atoms with E-state index in [4.69, 9.17) is 11.6 Å². The highest BCUT2D eigenvalue weighted by Gasteiger charge is 2.25. The Labute approximate surface area is 140 Å². The molecule has 0 bridgehead atoms. The minimum absolute atomic E-state index is 0.00340. The van der Waals surface area contributed by atoms with Crippen molar-refractivity contribution in [1.82, 2.24) is 10.2 Å². The Kier molecular flexibility index (Phi) is 6.08. The van der Waals surface area contributed by atoms with Crippen molar-refractivity contribution >= 4 is 33.4 Å². The summed E-state index contributed by atoms with van der Waals surface area (Å²) in [6, 6.07) is 6.02. The monoisotopic (exact) mass is 372 g/mol. The van der Waals surface area contributed by atoms with Gasteiger partial charge >= 0.3 is 0 Å². The van der Waals surface area contributed by atoms with Crippen LogP contribution in [-0.4, -0.2) is 36.0 Å². The number of amides is 1. The highest BCUT2D eigenvalue weighted by atomic mass is 79.9. The number of halogens is 2. The molecule has 0 radical (unpaired) electrons. The Hall–Kier alpha value is -0.580. The fraction of sp³-hybridized carbons (Fsp3) is 0.562. The molecule has 1 saturated heterocycles. The highest BCUT2D eigenvalue weighted by Crippen LogP contribution is 2.27. The zero-order valence-corrected chi connectivity index (χ0v) is 14.9. The molecule has 1 aliphatic heterocycles. The first-order chi connectivity index (χ1) is 10.0. The van der Waals surface area contributed by atoms with Gasteiger partial charge in [0.25, 0.3) is 5.91 Å². The first kappa shape index (κ1) is 16.8. The first-order valence-electron chi connectivity index (χ1n) is 7.49. The average Bonchev–Trinajstić information content (AvgIpc) is 2.48. The quantitative estimate of drug-likeness (QED) is 0.862. The molecule has 0 spiro atoms. The van der Waals surface area contributed by atoms with E-state index in [1.54, 1.807) is 6.07 Å². The van der Waals surface area contributed by atoms with Crippen LogP contribution in [0.25, 0.3) is 0 Å². The van der Waals surface area contributed by atoms with Crippen molar-refractivity contribution in [3.8, 4) is 0 Å². The number of carbonyl (C=O) groups excluding carboxylic acids is 1. The lowest BCUT2D eigenvalue weighted by Gasteiger charge is -2.33. The smallest absolute Gasteiger partial charge is 0.255 e. The fourth-order valence-electron chi connectivity index (χ4n) is 2.67. The summed E-state index contributed by atoms with van der Waals surface area (Å²) < 4.78 is 0.759. The third kappa shape index (κ3) is 4.21. The number of nitrogens with zero attached hydrogens (tertiary/aromatic N) is 1. The number of hydrogen-bond donors (Lipinski definition) is 1. The molecular formula is C16H22BrClN2O. The van der Waals surface area contributed by atoms with Crippen LogP contribution in [0.4, 0.5) is 0 Å². The number of benzene rings is 1. The Balaban J connectivity index is 2.17. The predicted molar refractivity (Wildman–Crippen MR) is 91.0 cm³/mol. The molecule has 1 N–H and O–H groups in total. The molecule has 0 aromatic heterocycles. The second-order valence-corrected chi connectivity index (χ2v) is 7.03. The van der Waals surface area contributed by atoms with E-state index in [-0.39, 0.29) is 11.9 Å². The van der Waals surface area contributed by atoms with Crippen LogP contribution in [0.1, 0.15) is 43.5 Å². The van der Waals surface area contributed by atoms with Gasteiger partial charge in [-0.3, -0.25) is 4.79 Å². The summed E-state index contributed by atoms with van der Waals surface area (Å²) in [7, 11) is 0. The number of carbonyl (C=O) groups is 1. The molecule has 1 unspecified atom stereocenters. The van der Waals surface area contributed by atoms with Crippen LogP contribution in [-0.2, 0) is 0 Å². The molecule has 1 amide bonds. The topological polar surface area (TPSA) is 32.3 Å². The van der Waals surface area contributed by atoms with E-state index in [2.05, 4.69) is 21.2 Å². The third-order valence-electron chi connectivity index (χ3n) is 3.90. The summed E-state index contributed by atoms with van der Waals surface area (Å²) in [5.74, 6) is 0.00340. The molecular weight excluding hydrogens is 352 g/mol. The normalized spacial score (nSPS) is 18.8. The van der Waals surface area contributed by atoms with Gasteiger partial charge in [0, 0.05) is 23.1 Å². The van der Waals surface area contributed by atoms with Crippen molar-refractivity contribution in [2.24, 2.45) is 0 Å². The second-order valence-electron chi connectivity index (χ2n) is 5.80. The molecule has 3 nitrogen and oxygen atoms in total. The summed E-state index contributed by atoms with van der Waals surface area (Å²) in [5, 5.41) is 3.99. The van der Waals surface area contributed by atoms with Gasteiger partial charge < -0.3 is 10.2 Å². The largest absolute Gasteiger partial charge is 0.335 e. The average molecular weight is 374 g/mol. The summed E-state index contributed by atoms with van der Waals surface area (Å²) in [5.41, 5.74) is 0.565. The minimum Gasteiger partial charge on any atom is -0.335 e.